The highest BCUT2D eigenvalue weighted by atomic mass is 32.2. The summed E-state index contributed by atoms with van der Waals surface area (Å²) in [5.74, 6) is -0.710. The smallest absolute Gasteiger partial charge is 0.262 e. The zero-order valence-corrected chi connectivity index (χ0v) is 12.0. The Kier molecular flexibility index (Phi) is 3.67. The van der Waals surface area contributed by atoms with Crippen molar-refractivity contribution in [3.05, 3.63) is 53.3 Å². The van der Waals surface area contributed by atoms with E-state index in [9.17, 15) is 12.8 Å². The number of hydrogen-bond donors (Lipinski definition) is 2. The fraction of sp³-hybridized carbons (Fsp3) is 0.143. The minimum Gasteiger partial charge on any atom is -0.397 e. The predicted molar refractivity (Wildman–Crippen MR) is 77.5 cm³/mol. The Morgan fingerprint density at radius 3 is 2.45 bits per heavy atom. The van der Waals surface area contributed by atoms with Gasteiger partial charge < -0.3 is 5.73 Å². The van der Waals surface area contributed by atoms with Crippen LogP contribution in [0.3, 0.4) is 0 Å². The summed E-state index contributed by atoms with van der Waals surface area (Å²) in [6.07, 6.45) is 0. The third kappa shape index (κ3) is 2.75. The van der Waals surface area contributed by atoms with Crippen molar-refractivity contribution in [2.45, 2.75) is 18.7 Å². The summed E-state index contributed by atoms with van der Waals surface area (Å²) in [6, 6.07) is 8.92. The normalized spacial score (nSPS) is 11.3. The second-order valence-corrected chi connectivity index (χ2v) is 6.23. The SMILES string of the molecule is Cc1ccc(S(=O)(=O)Nc2c(N)cccc2F)c(C)c1. The highest BCUT2D eigenvalue weighted by molar-refractivity contribution is 7.92. The number of rotatable bonds is 3. The first kappa shape index (κ1) is 14.3. The van der Waals surface area contributed by atoms with Crippen molar-refractivity contribution in [2.75, 3.05) is 10.5 Å². The van der Waals surface area contributed by atoms with Crippen LogP contribution in [0.15, 0.2) is 41.3 Å². The van der Waals surface area contributed by atoms with Crippen LogP contribution in [0, 0.1) is 19.7 Å². The molecule has 0 unspecified atom stereocenters. The number of nitrogens with one attached hydrogen (secondary N) is 1. The topological polar surface area (TPSA) is 72.2 Å². The first-order valence-electron chi connectivity index (χ1n) is 5.95. The predicted octanol–water partition coefficient (Wildman–Crippen LogP) is 2.83. The number of hydrogen-bond acceptors (Lipinski definition) is 3. The van der Waals surface area contributed by atoms with Crippen molar-refractivity contribution < 1.29 is 12.8 Å². The third-order valence-corrected chi connectivity index (χ3v) is 4.41. The average Bonchev–Trinajstić information content (AvgIpc) is 2.33. The van der Waals surface area contributed by atoms with Crippen molar-refractivity contribution in [1.82, 2.24) is 0 Å². The monoisotopic (exact) mass is 294 g/mol. The number of halogens is 1. The second kappa shape index (κ2) is 5.13. The summed E-state index contributed by atoms with van der Waals surface area (Å²) in [5, 5.41) is 0. The standard InChI is InChI=1S/C14H15FN2O2S/c1-9-6-7-13(10(2)8-9)20(18,19)17-14-11(15)4-3-5-12(14)16/h3-8,17H,16H2,1-2H3. The minimum atomic E-state index is -3.88. The number of aryl methyl sites for hydroxylation is 2. The molecule has 0 amide bonds. The molecule has 6 heteroatoms. The number of anilines is 2. The summed E-state index contributed by atoms with van der Waals surface area (Å²) < 4.78 is 40.5. The van der Waals surface area contributed by atoms with Crippen molar-refractivity contribution in [1.29, 1.82) is 0 Å². The van der Waals surface area contributed by atoms with Crippen LogP contribution in [0.25, 0.3) is 0 Å². The van der Waals surface area contributed by atoms with Crippen molar-refractivity contribution in [2.24, 2.45) is 0 Å². The fourth-order valence-electron chi connectivity index (χ4n) is 1.94. The first-order chi connectivity index (χ1) is 9.31. The zero-order chi connectivity index (χ0) is 14.9. The quantitative estimate of drug-likeness (QED) is 0.855. The molecule has 4 nitrogen and oxygen atoms in total. The Bertz CT molecular complexity index is 738. The zero-order valence-electron chi connectivity index (χ0n) is 11.1. The molecule has 3 N–H and O–H groups in total. The van der Waals surface area contributed by atoms with Crippen LogP contribution in [0.4, 0.5) is 15.8 Å². The molecular formula is C14H15FN2O2S. The number of para-hydroxylation sites is 1. The van der Waals surface area contributed by atoms with Crippen LogP contribution in [0.5, 0.6) is 0 Å². The molecule has 2 aromatic carbocycles. The lowest BCUT2D eigenvalue weighted by Crippen LogP contribution is -2.16. The highest BCUT2D eigenvalue weighted by Crippen LogP contribution is 2.26. The molecule has 20 heavy (non-hydrogen) atoms. The van der Waals surface area contributed by atoms with E-state index in [1.54, 1.807) is 19.1 Å². The molecule has 0 bridgehead atoms. The lowest BCUT2D eigenvalue weighted by Gasteiger charge is -2.13. The highest BCUT2D eigenvalue weighted by Gasteiger charge is 2.19. The molecule has 0 radical (unpaired) electrons. The van der Waals surface area contributed by atoms with Crippen molar-refractivity contribution >= 4 is 21.4 Å². The van der Waals surface area contributed by atoms with Gasteiger partial charge in [0.2, 0.25) is 0 Å². The molecule has 0 aliphatic carbocycles. The van der Waals surface area contributed by atoms with Crippen molar-refractivity contribution in [3.8, 4) is 0 Å². The van der Waals surface area contributed by atoms with Crippen LogP contribution in [0.1, 0.15) is 11.1 Å². The van der Waals surface area contributed by atoms with Gasteiger partial charge in [-0.05, 0) is 37.6 Å². The van der Waals surface area contributed by atoms with Crippen molar-refractivity contribution in [3.63, 3.8) is 0 Å². The number of benzene rings is 2. The number of sulfonamides is 1. The molecule has 0 spiro atoms. The lowest BCUT2D eigenvalue weighted by atomic mass is 10.2. The fourth-order valence-corrected chi connectivity index (χ4v) is 3.26. The van der Waals surface area contributed by atoms with Gasteiger partial charge in [-0.25, -0.2) is 12.8 Å². The molecule has 0 aliphatic rings. The second-order valence-electron chi connectivity index (χ2n) is 4.58. The van der Waals surface area contributed by atoms with Crippen LogP contribution < -0.4 is 10.5 Å². The molecule has 0 aliphatic heterocycles. The lowest BCUT2D eigenvalue weighted by molar-refractivity contribution is 0.598. The van der Waals surface area contributed by atoms with Gasteiger partial charge in [-0.1, -0.05) is 23.8 Å². The van der Waals surface area contributed by atoms with Gasteiger partial charge in [0.25, 0.3) is 10.0 Å². The Hall–Kier alpha value is -2.08. The van der Waals surface area contributed by atoms with Gasteiger partial charge in [0.05, 0.1) is 10.6 Å². The minimum absolute atomic E-state index is 0.0401. The molecule has 0 heterocycles. The maximum Gasteiger partial charge on any atom is 0.262 e. The maximum atomic E-state index is 13.7. The summed E-state index contributed by atoms with van der Waals surface area (Å²) in [5.41, 5.74) is 6.95. The van der Waals surface area contributed by atoms with Gasteiger partial charge in [0, 0.05) is 0 Å². The van der Waals surface area contributed by atoms with Gasteiger partial charge in [-0.2, -0.15) is 0 Å². The molecule has 0 atom stereocenters. The molecule has 106 valence electrons. The molecule has 0 fully saturated rings. The van der Waals surface area contributed by atoms with Crippen LogP contribution in [0.2, 0.25) is 0 Å². The summed E-state index contributed by atoms with van der Waals surface area (Å²) in [4.78, 5) is 0.103. The first-order valence-corrected chi connectivity index (χ1v) is 7.43. The number of nitrogens with two attached hydrogens (primary N) is 1. The van der Waals surface area contributed by atoms with Crippen LogP contribution in [-0.4, -0.2) is 8.42 Å². The third-order valence-electron chi connectivity index (χ3n) is 2.90. The van der Waals surface area contributed by atoms with Gasteiger partial charge in [0.15, 0.2) is 0 Å². The molecule has 2 rings (SSSR count). The van der Waals surface area contributed by atoms with E-state index in [2.05, 4.69) is 4.72 Å². The van der Waals surface area contributed by atoms with E-state index in [4.69, 9.17) is 5.73 Å². The Balaban J connectivity index is 2.46. The Morgan fingerprint density at radius 2 is 1.85 bits per heavy atom. The molecule has 0 saturated carbocycles. The Morgan fingerprint density at radius 1 is 1.15 bits per heavy atom. The summed E-state index contributed by atoms with van der Waals surface area (Å²) in [6.45, 7) is 3.55. The van der Waals surface area contributed by atoms with E-state index in [1.165, 1.54) is 18.2 Å². The maximum absolute atomic E-state index is 13.7. The van der Waals surface area contributed by atoms with E-state index in [1.807, 2.05) is 6.92 Å². The largest absolute Gasteiger partial charge is 0.397 e. The summed E-state index contributed by atoms with van der Waals surface area (Å²) >= 11 is 0. The van der Waals surface area contributed by atoms with Gasteiger partial charge in [-0.3, -0.25) is 4.72 Å². The van der Waals surface area contributed by atoms with E-state index < -0.39 is 15.8 Å². The number of nitrogen functional groups attached to an aromatic ring is 1. The molecule has 0 aromatic heterocycles. The molecule has 2 aromatic rings. The van der Waals surface area contributed by atoms with Gasteiger partial charge >= 0.3 is 0 Å². The average molecular weight is 294 g/mol. The van der Waals surface area contributed by atoms with Gasteiger partial charge in [0.1, 0.15) is 11.5 Å². The van der Waals surface area contributed by atoms with E-state index >= 15 is 0 Å². The van der Waals surface area contributed by atoms with E-state index in [0.29, 0.717) is 5.56 Å². The van der Waals surface area contributed by atoms with E-state index in [-0.39, 0.29) is 16.3 Å². The Labute approximate surface area is 117 Å². The van der Waals surface area contributed by atoms with Crippen LogP contribution in [-0.2, 0) is 10.0 Å². The summed E-state index contributed by atoms with van der Waals surface area (Å²) in [7, 11) is -3.88. The molecule has 0 saturated heterocycles. The van der Waals surface area contributed by atoms with E-state index in [0.717, 1.165) is 11.6 Å². The molecular weight excluding hydrogens is 279 g/mol. The van der Waals surface area contributed by atoms with Crippen LogP contribution >= 0.6 is 0 Å². The van der Waals surface area contributed by atoms with Gasteiger partial charge in [-0.15, -0.1) is 0 Å².